The molecule has 0 radical (unpaired) electrons. The Morgan fingerprint density at radius 1 is 0.968 bits per heavy atom. The molecule has 2 amide bonds. The molecule has 160 valence electrons. The third-order valence-electron chi connectivity index (χ3n) is 5.17. The molecular formula is C23H23N3O5. The third kappa shape index (κ3) is 3.76. The van der Waals surface area contributed by atoms with E-state index in [1.165, 1.54) is 4.90 Å². The SMILES string of the molecule is COc1cc(OC)cc(-c2noc(C(CC(C)C)N3C(=O)c4ccccc4C3=O)n2)c1. The van der Waals surface area contributed by atoms with Crippen LogP contribution in [0.1, 0.15) is 52.9 Å². The maximum absolute atomic E-state index is 13.0. The highest BCUT2D eigenvalue weighted by Crippen LogP contribution is 2.36. The lowest BCUT2D eigenvalue weighted by molar-refractivity contribution is 0.0529. The molecule has 0 saturated heterocycles. The van der Waals surface area contributed by atoms with Crippen molar-refractivity contribution < 1.29 is 23.6 Å². The van der Waals surface area contributed by atoms with Gasteiger partial charge in [0.1, 0.15) is 17.5 Å². The van der Waals surface area contributed by atoms with Gasteiger partial charge in [-0.3, -0.25) is 14.5 Å². The summed E-state index contributed by atoms with van der Waals surface area (Å²) in [7, 11) is 3.11. The van der Waals surface area contributed by atoms with Gasteiger partial charge in [-0.25, -0.2) is 0 Å². The van der Waals surface area contributed by atoms with E-state index < -0.39 is 6.04 Å². The lowest BCUT2D eigenvalue weighted by Crippen LogP contribution is -2.35. The van der Waals surface area contributed by atoms with Gasteiger partial charge in [0.25, 0.3) is 11.8 Å². The summed E-state index contributed by atoms with van der Waals surface area (Å²) in [6.45, 7) is 4.02. The highest BCUT2D eigenvalue weighted by molar-refractivity contribution is 6.21. The molecule has 0 spiro atoms. The van der Waals surface area contributed by atoms with E-state index in [1.807, 2.05) is 13.8 Å². The second kappa shape index (κ2) is 8.22. The molecule has 0 saturated carbocycles. The van der Waals surface area contributed by atoms with Gasteiger partial charge in [-0.05, 0) is 36.6 Å². The van der Waals surface area contributed by atoms with Gasteiger partial charge in [-0.15, -0.1) is 0 Å². The van der Waals surface area contributed by atoms with Gasteiger partial charge >= 0.3 is 0 Å². The van der Waals surface area contributed by atoms with Crippen molar-refractivity contribution in [3.63, 3.8) is 0 Å². The molecular weight excluding hydrogens is 398 g/mol. The second-order valence-electron chi connectivity index (χ2n) is 7.73. The number of amides is 2. The molecule has 1 atom stereocenters. The van der Waals surface area contributed by atoms with Crippen LogP contribution in [0.4, 0.5) is 0 Å². The Morgan fingerprint density at radius 2 is 1.55 bits per heavy atom. The van der Waals surface area contributed by atoms with Gasteiger partial charge in [-0.1, -0.05) is 31.1 Å². The van der Waals surface area contributed by atoms with Crippen LogP contribution in [0.5, 0.6) is 11.5 Å². The monoisotopic (exact) mass is 421 g/mol. The first-order valence-corrected chi connectivity index (χ1v) is 9.97. The zero-order valence-electron chi connectivity index (χ0n) is 17.8. The summed E-state index contributed by atoms with van der Waals surface area (Å²) in [4.78, 5) is 31.8. The Kier molecular flexibility index (Phi) is 5.46. The molecule has 1 aromatic heterocycles. The molecule has 8 heteroatoms. The van der Waals surface area contributed by atoms with Crippen LogP contribution < -0.4 is 9.47 Å². The van der Waals surface area contributed by atoms with Crippen molar-refractivity contribution in [1.29, 1.82) is 0 Å². The minimum atomic E-state index is -0.666. The second-order valence-corrected chi connectivity index (χ2v) is 7.73. The number of methoxy groups -OCH3 is 2. The van der Waals surface area contributed by atoms with E-state index in [2.05, 4.69) is 10.1 Å². The van der Waals surface area contributed by atoms with Crippen LogP contribution in [0.25, 0.3) is 11.4 Å². The number of nitrogens with zero attached hydrogens (tertiary/aromatic N) is 3. The lowest BCUT2D eigenvalue weighted by Gasteiger charge is -2.24. The normalized spacial score (nSPS) is 14.2. The first-order chi connectivity index (χ1) is 14.9. The minimum absolute atomic E-state index is 0.182. The van der Waals surface area contributed by atoms with Gasteiger partial charge in [-0.2, -0.15) is 4.98 Å². The van der Waals surface area contributed by atoms with E-state index in [4.69, 9.17) is 14.0 Å². The number of benzene rings is 2. The molecule has 0 N–H and O–H groups in total. The maximum Gasteiger partial charge on any atom is 0.262 e. The maximum atomic E-state index is 13.0. The van der Waals surface area contributed by atoms with Crippen molar-refractivity contribution in [3.05, 3.63) is 59.5 Å². The summed E-state index contributed by atoms with van der Waals surface area (Å²) in [6, 6.07) is 11.4. The number of aromatic nitrogens is 2. The van der Waals surface area contributed by atoms with Crippen LogP contribution in [-0.2, 0) is 0 Å². The molecule has 1 unspecified atom stereocenters. The van der Waals surface area contributed by atoms with Gasteiger partial charge in [0.2, 0.25) is 11.7 Å². The summed E-state index contributed by atoms with van der Waals surface area (Å²) < 4.78 is 16.2. The van der Waals surface area contributed by atoms with Crippen LogP contribution in [0.3, 0.4) is 0 Å². The van der Waals surface area contributed by atoms with Gasteiger partial charge in [0.05, 0.1) is 25.3 Å². The molecule has 8 nitrogen and oxygen atoms in total. The number of hydrogen-bond acceptors (Lipinski definition) is 7. The van der Waals surface area contributed by atoms with E-state index in [-0.39, 0.29) is 23.6 Å². The Morgan fingerprint density at radius 3 is 2.06 bits per heavy atom. The molecule has 0 fully saturated rings. The van der Waals surface area contributed by atoms with E-state index >= 15 is 0 Å². The predicted molar refractivity (Wildman–Crippen MR) is 112 cm³/mol. The number of fused-ring (bicyclic) bond motifs is 1. The number of imide groups is 1. The van der Waals surface area contributed by atoms with Crippen molar-refractivity contribution in [1.82, 2.24) is 15.0 Å². The molecule has 2 heterocycles. The Balaban J connectivity index is 1.72. The van der Waals surface area contributed by atoms with Crippen molar-refractivity contribution in [2.45, 2.75) is 26.3 Å². The smallest absolute Gasteiger partial charge is 0.262 e. The largest absolute Gasteiger partial charge is 0.497 e. The number of carbonyl (C=O) groups is 2. The van der Waals surface area contributed by atoms with Crippen LogP contribution in [0, 0.1) is 5.92 Å². The number of hydrogen-bond donors (Lipinski definition) is 0. The van der Waals surface area contributed by atoms with Crippen molar-refractivity contribution in [3.8, 4) is 22.9 Å². The zero-order chi connectivity index (χ0) is 22.1. The van der Waals surface area contributed by atoms with E-state index in [9.17, 15) is 9.59 Å². The predicted octanol–water partition coefficient (Wildman–Crippen LogP) is 4.14. The Labute approximate surface area is 179 Å². The van der Waals surface area contributed by atoms with Gasteiger partial charge in [0.15, 0.2) is 0 Å². The van der Waals surface area contributed by atoms with Crippen LogP contribution in [-0.4, -0.2) is 41.1 Å². The highest BCUT2D eigenvalue weighted by atomic mass is 16.5. The fraction of sp³-hybridized carbons (Fsp3) is 0.304. The topological polar surface area (TPSA) is 94.8 Å². The van der Waals surface area contributed by atoms with Crippen LogP contribution >= 0.6 is 0 Å². The van der Waals surface area contributed by atoms with Crippen LogP contribution in [0.15, 0.2) is 47.0 Å². The van der Waals surface area contributed by atoms with E-state index in [0.29, 0.717) is 40.4 Å². The quantitative estimate of drug-likeness (QED) is 0.529. The summed E-state index contributed by atoms with van der Waals surface area (Å²) in [5.74, 6) is 1.17. The molecule has 1 aliphatic rings. The average Bonchev–Trinajstić information content (AvgIpc) is 3.36. The van der Waals surface area contributed by atoms with E-state index in [0.717, 1.165) is 0 Å². The Hall–Kier alpha value is -3.68. The summed E-state index contributed by atoms with van der Waals surface area (Å²) in [6.07, 6.45) is 0.495. The van der Waals surface area contributed by atoms with Crippen molar-refractivity contribution >= 4 is 11.8 Å². The molecule has 4 rings (SSSR count). The van der Waals surface area contributed by atoms with Crippen molar-refractivity contribution in [2.24, 2.45) is 5.92 Å². The third-order valence-corrected chi connectivity index (χ3v) is 5.17. The van der Waals surface area contributed by atoms with Gasteiger partial charge in [0, 0.05) is 11.6 Å². The fourth-order valence-corrected chi connectivity index (χ4v) is 3.68. The molecule has 2 aromatic carbocycles. The fourth-order valence-electron chi connectivity index (χ4n) is 3.68. The first kappa shape index (κ1) is 20.6. The molecule has 31 heavy (non-hydrogen) atoms. The zero-order valence-corrected chi connectivity index (χ0v) is 17.8. The summed E-state index contributed by atoms with van der Waals surface area (Å²) >= 11 is 0. The summed E-state index contributed by atoms with van der Waals surface area (Å²) in [5, 5.41) is 4.09. The van der Waals surface area contributed by atoms with Crippen LogP contribution in [0.2, 0.25) is 0 Å². The molecule has 0 aliphatic carbocycles. The minimum Gasteiger partial charge on any atom is -0.497 e. The standard InChI is InChI=1S/C23H23N3O5/c1-13(2)9-19(26-22(27)17-7-5-6-8-18(17)23(26)28)21-24-20(25-31-21)14-10-15(29-3)12-16(11-14)30-4/h5-8,10-13,19H,9H2,1-4H3. The van der Waals surface area contributed by atoms with Crippen molar-refractivity contribution in [2.75, 3.05) is 14.2 Å². The summed E-state index contributed by atoms with van der Waals surface area (Å²) in [5.41, 5.74) is 1.41. The van der Waals surface area contributed by atoms with Gasteiger partial charge < -0.3 is 14.0 Å². The first-order valence-electron chi connectivity index (χ1n) is 9.97. The molecule has 0 bridgehead atoms. The van der Waals surface area contributed by atoms with E-state index in [1.54, 1.807) is 56.7 Å². The highest BCUT2D eigenvalue weighted by Gasteiger charge is 2.42. The Bertz CT molecular complexity index is 1080. The number of rotatable bonds is 7. The average molecular weight is 421 g/mol. The number of ether oxygens (including phenoxy) is 2. The molecule has 1 aliphatic heterocycles. The number of carbonyl (C=O) groups excluding carboxylic acids is 2. The lowest BCUT2D eigenvalue weighted by atomic mass is 10.0. The molecule has 3 aromatic rings.